The van der Waals surface area contributed by atoms with Crippen LogP contribution >= 0.6 is 0 Å². The van der Waals surface area contributed by atoms with Crippen LogP contribution in [0.3, 0.4) is 0 Å². The number of nitrogens with zero attached hydrogens (tertiary/aromatic N) is 3. The highest BCUT2D eigenvalue weighted by atomic mass is 28.4. The minimum absolute atomic E-state index is 0.0880. The van der Waals surface area contributed by atoms with Crippen molar-refractivity contribution in [3.8, 4) is 0 Å². The van der Waals surface area contributed by atoms with Gasteiger partial charge in [0.1, 0.15) is 11.8 Å². The lowest BCUT2D eigenvalue weighted by Crippen LogP contribution is -2.59. The highest BCUT2D eigenvalue weighted by molar-refractivity contribution is 6.74. The van der Waals surface area contributed by atoms with Crippen LogP contribution in [0.5, 0.6) is 0 Å². The van der Waals surface area contributed by atoms with Gasteiger partial charge in [-0.1, -0.05) is 20.8 Å². The number of pyridine rings is 1. The van der Waals surface area contributed by atoms with E-state index < -0.39 is 13.9 Å². The SMILES string of the molecule is CC(C)(C)OC(=O)N1CCN(c2ccc(N=O)[nH+]c2)C[C@@H]1CO[Si](C)(C)C(C)(C)C. The largest absolute Gasteiger partial charge is 0.444 e. The topological polar surface area (TPSA) is 85.6 Å². The van der Waals surface area contributed by atoms with Crippen molar-refractivity contribution >= 4 is 25.9 Å². The number of aromatic nitrogens is 1. The van der Waals surface area contributed by atoms with Crippen LogP contribution in [-0.2, 0) is 9.16 Å². The molecule has 9 heteroatoms. The summed E-state index contributed by atoms with van der Waals surface area (Å²) in [6, 6.07) is 3.39. The molecule has 8 nitrogen and oxygen atoms in total. The van der Waals surface area contributed by atoms with E-state index in [1.165, 1.54) is 0 Å². The average Bonchev–Trinajstić information content (AvgIpc) is 2.64. The number of amides is 1. The van der Waals surface area contributed by atoms with Crippen LogP contribution in [0.25, 0.3) is 0 Å². The number of carbonyl (C=O) groups is 1. The Labute approximate surface area is 181 Å². The minimum Gasteiger partial charge on any atom is -0.444 e. The summed E-state index contributed by atoms with van der Waals surface area (Å²) in [6.07, 6.45) is 1.46. The molecule has 1 saturated heterocycles. The van der Waals surface area contributed by atoms with Gasteiger partial charge in [-0.2, -0.15) is 0 Å². The molecule has 30 heavy (non-hydrogen) atoms. The molecule has 0 aliphatic carbocycles. The van der Waals surface area contributed by atoms with Gasteiger partial charge in [0.15, 0.2) is 8.32 Å². The van der Waals surface area contributed by atoms with E-state index in [1.54, 1.807) is 17.2 Å². The van der Waals surface area contributed by atoms with E-state index in [-0.39, 0.29) is 23.0 Å². The molecule has 0 aromatic carbocycles. The number of rotatable bonds is 5. The Morgan fingerprint density at radius 1 is 1.20 bits per heavy atom. The Bertz CT molecular complexity index is 741. The Kier molecular flexibility index (Phi) is 7.29. The maximum absolute atomic E-state index is 12.9. The smallest absolute Gasteiger partial charge is 0.410 e. The molecule has 168 valence electrons. The number of piperazine rings is 1. The van der Waals surface area contributed by atoms with Gasteiger partial charge >= 0.3 is 11.9 Å². The van der Waals surface area contributed by atoms with Crippen molar-refractivity contribution in [2.24, 2.45) is 5.18 Å². The predicted octanol–water partition coefficient (Wildman–Crippen LogP) is 4.35. The van der Waals surface area contributed by atoms with Crippen molar-refractivity contribution in [2.45, 2.75) is 71.3 Å². The molecular formula is C21H37N4O4Si+. The van der Waals surface area contributed by atoms with Crippen molar-refractivity contribution in [1.82, 2.24) is 4.90 Å². The van der Waals surface area contributed by atoms with Gasteiger partial charge in [-0.3, -0.25) is 4.90 Å². The number of ether oxygens (including phenoxy) is 1. The lowest BCUT2D eigenvalue weighted by molar-refractivity contribution is -0.362. The summed E-state index contributed by atoms with van der Waals surface area (Å²) < 4.78 is 12.1. The van der Waals surface area contributed by atoms with Crippen LogP contribution in [0.15, 0.2) is 23.5 Å². The number of hydrogen-bond acceptors (Lipinski definition) is 6. The maximum Gasteiger partial charge on any atom is 0.410 e. The summed E-state index contributed by atoms with van der Waals surface area (Å²) in [5.74, 6) is 0.281. The van der Waals surface area contributed by atoms with E-state index in [1.807, 2.05) is 26.8 Å². The number of H-pyrrole nitrogens is 1. The Morgan fingerprint density at radius 2 is 1.87 bits per heavy atom. The molecule has 1 aliphatic heterocycles. The molecule has 2 heterocycles. The molecule has 1 N–H and O–H groups in total. The zero-order chi connectivity index (χ0) is 22.7. The number of carbonyl (C=O) groups excluding carboxylic acids is 1. The number of aromatic amines is 1. The molecule has 0 radical (unpaired) electrons. The fourth-order valence-electron chi connectivity index (χ4n) is 2.98. The third-order valence-electron chi connectivity index (χ3n) is 5.80. The van der Waals surface area contributed by atoms with Crippen molar-refractivity contribution in [3.63, 3.8) is 0 Å². The molecule has 0 spiro atoms. The highest BCUT2D eigenvalue weighted by Gasteiger charge is 2.40. The average molecular weight is 438 g/mol. The molecule has 0 bridgehead atoms. The van der Waals surface area contributed by atoms with Crippen LogP contribution in [-0.4, -0.2) is 57.2 Å². The van der Waals surface area contributed by atoms with Crippen molar-refractivity contribution in [3.05, 3.63) is 23.2 Å². The highest BCUT2D eigenvalue weighted by Crippen LogP contribution is 2.37. The monoisotopic (exact) mass is 437 g/mol. The number of nitrogens with one attached hydrogen (secondary N) is 1. The van der Waals surface area contributed by atoms with Gasteiger partial charge in [0.05, 0.1) is 18.3 Å². The third kappa shape index (κ3) is 6.25. The van der Waals surface area contributed by atoms with Gasteiger partial charge in [0.25, 0.3) is 0 Å². The number of nitroso groups, excluding NO2 is 1. The lowest BCUT2D eigenvalue weighted by Gasteiger charge is -2.44. The molecule has 1 atom stereocenters. The fourth-order valence-corrected chi connectivity index (χ4v) is 4.02. The van der Waals surface area contributed by atoms with E-state index in [0.29, 0.717) is 26.2 Å². The number of hydrogen-bond donors (Lipinski definition) is 0. The molecule has 2 rings (SSSR count). The van der Waals surface area contributed by atoms with Crippen molar-refractivity contribution in [2.75, 3.05) is 31.1 Å². The first-order valence-electron chi connectivity index (χ1n) is 10.5. The molecule has 1 aliphatic rings. The van der Waals surface area contributed by atoms with Gasteiger partial charge in [-0.25, -0.2) is 9.78 Å². The van der Waals surface area contributed by atoms with Crippen LogP contribution in [0.4, 0.5) is 16.3 Å². The first-order chi connectivity index (χ1) is 13.7. The molecule has 1 aromatic rings. The lowest BCUT2D eigenvalue weighted by atomic mass is 10.1. The first-order valence-corrected chi connectivity index (χ1v) is 13.4. The summed E-state index contributed by atoms with van der Waals surface area (Å²) in [4.78, 5) is 30.4. The predicted molar refractivity (Wildman–Crippen MR) is 121 cm³/mol. The van der Waals surface area contributed by atoms with E-state index >= 15 is 0 Å². The zero-order valence-electron chi connectivity index (χ0n) is 19.6. The molecule has 1 amide bonds. The van der Waals surface area contributed by atoms with Gasteiger partial charge in [0.2, 0.25) is 5.18 Å². The normalized spacial score (nSPS) is 18.3. The summed E-state index contributed by atoms with van der Waals surface area (Å²) >= 11 is 0. The van der Waals surface area contributed by atoms with Crippen LogP contribution < -0.4 is 9.88 Å². The van der Waals surface area contributed by atoms with Gasteiger partial charge in [-0.15, -0.1) is 0 Å². The Hall–Kier alpha value is -2.00. The fraction of sp³-hybridized carbons (Fsp3) is 0.714. The standard InChI is InChI=1S/C21H36N4O4Si/c1-20(2,3)29-19(26)25-12-11-24(16-9-10-18(23-27)22-13-16)14-17(25)15-28-30(7,8)21(4,5)6/h9-10,13,17H,11-12,14-15H2,1-8H3/p+1/t17-/m1/s1. The molecule has 1 fully saturated rings. The number of anilines is 1. The quantitative estimate of drug-likeness (QED) is 0.505. The van der Waals surface area contributed by atoms with E-state index in [0.717, 1.165) is 5.69 Å². The summed E-state index contributed by atoms with van der Waals surface area (Å²) in [7, 11) is -1.96. The zero-order valence-corrected chi connectivity index (χ0v) is 20.6. The van der Waals surface area contributed by atoms with Gasteiger partial charge in [0, 0.05) is 25.7 Å². The second kappa shape index (κ2) is 9.01. The second-order valence-corrected chi connectivity index (χ2v) is 15.2. The summed E-state index contributed by atoms with van der Waals surface area (Å²) in [6.45, 7) is 19.0. The van der Waals surface area contributed by atoms with E-state index in [9.17, 15) is 9.70 Å². The third-order valence-corrected chi connectivity index (χ3v) is 10.3. The second-order valence-electron chi connectivity index (χ2n) is 10.4. The van der Waals surface area contributed by atoms with E-state index in [2.05, 4.69) is 48.9 Å². The van der Waals surface area contributed by atoms with Gasteiger partial charge in [-0.05, 0) is 49.9 Å². The van der Waals surface area contributed by atoms with Gasteiger partial charge < -0.3 is 14.1 Å². The summed E-state index contributed by atoms with van der Waals surface area (Å²) in [5, 5.41) is 3.00. The summed E-state index contributed by atoms with van der Waals surface area (Å²) in [5.41, 5.74) is 0.398. The Balaban J connectivity index is 2.19. The molecular weight excluding hydrogens is 400 g/mol. The van der Waals surface area contributed by atoms with Crippen LogP contribution in [0, 0.1) is 4.91 Å². The molecule has 1 aromatic heterocycles. The van der Waals surface area contributed by atoms with Crippen LogP contribution in [0.2, 0.25) is 18.1 Å². The van der Waals surface area contributed by atoms with Crippen LogP contribution in [0.1, 0.15) is 41.5 Å². The first kappa shape index (κ1) is 24.3. The van der Waals surface area contributed by atoms with E-state index in [4.69, 9.17) is 9.16 Å². The molecule has 0 saturated carbocycles. The maximum atomic E-state index is 12.9. The minimum atomic E-state index is -1.96. The Morgan fingerprint density at radius 3 is 2.37 bits per heavy atom. The van der Waals surface area contributed by atoms with Crippen molar-refractivity contribution in [1.29, 1.82) is 0 Å². The molecule has 0 unspecified atom stereocenters. The van der Waals surface area contributed by atoms with Crippen molar-refractivity contribution < 1.29 is 18.9 Å².